The number of aromatic amines is 1. The minimum Gasteiger partial charge on any atom is -0.353 e. The summed E-state index contributed by atoms with van der Waals surface area (Å²) in [5.74, 6) is -0.458. The van der Waals surface area contributed by atoms with Crippen molar-refractivity contribution in [2.75, 3.05) is 0 Å². The molecule has 1 N–H and O–H groups in total. The molecule has 0 bridgehead atoms. The molecule has 0 radical (unpaired) electrons. The number of fused-ring (bicyclic) bond motifs is 1. The normalized spacial score (nSPS) is 10.9. The van der Waals surface area contributed by atoms with E-state index in [2.05, 4.69) is 4.98 Å². The fourth-order valence-corrected chi connectivity index (χ4v) is 2.56. The van der Waals surface area contributed by atoms with Gasteiger partial charge in [0, 0.05) is 10.9 Å². The molecule has 0 unspecified atom stereocenters. The summed E-state index contributed by atoms with van der Waals surface area (Å²) in [6.45, 7) is 1.99. The maximum absolute atomic E-state index is 13.5. The van der Waals surface area contributed by atoms with E-state index in [0.717, 1.165) is 17.4 Å². The third kappa shape index (κ3) is 2.00. The van der Waals surface area contributed by atoms with Gasteiger partial charge in [0.05, 0.1) is 16.2 Å². The van der Waals surface area contributed by atoms with Gasteiger partial charge in [0.2, 0.25) is 0 Å². The zero-order valence-corrected chi connectivity index (χ0v) is 11.5. The van der Waals surface area contributed by atoms with Crippen molar-refractivity contribution in [2.45, 2.75) is 6.92 Å². The first-order valence-corrected chi connectivity index (χ1v) is 6.51. The summed E-state index contributed by atoms with van der Waals surface area (Å²) in [5.41, 5.74) is 3.64. The SMILES string of the molecule is Cc1ccc(-c2[nH]c3c(Cl)cc(F)cc3c2C=O)cc1. The van der Waals surface area contributed by atoms with Gasteiger partial charge in [-0.25, -0.2) is 4.39 Å². The second-order valence-electron chi connectivity index (χ2n) is 4.71. The zero-order chi connectivity index (χ0) is 14.3. The van der Waals surface area contributed by atoms with Crippen LogP contribution in [0.15, 0.2) is 36.4 Å². The molecule has 0 fully saturated rings. The van der Waals surface area contributed by atoms with Crippen molar-refractivity contribution >= 4 is 28.8 Å². The lowest BCUT2D eigenvalue weighted by Gasteiger charge is -2.00. The van der Waals surface area contributed by atoms with Crippen LogP contribution in [0.2, 0.25) is 5.02 Å². The van der Waals surface area contributed by atoms with Gasteiger partial charge in [-0.2, -0.15) is 0 Å². The van der Waals surface area contributed by atoms with Gasteiger partial charge >= 0.3 is 0 Å². The summed E-state index contributed by atoms with van der Waals surface area (Å²) >= 11 is 6.03. The van der Waals surface area contributed by atoms with Gasteiger partial charge in [-0.05, 0) is 24.6 Å². The van der Waals surface area contributed by atoms with Crippen molar-refractivity contribution in [1.82, 2.24) is 4.98 Å². The molecule has 0 aliphatic rings. The molecular weight excluding hydrogens is 277 g/mol. The highest BCUT2D eigenvalue weighted by Crippen LogP contribution is 2.33. The highest BCUT2D eigenvalue weighted by molar-refractivity contribution is 6.35. The topological polar surface area (TPSA) is 32.9 Å². The number of carbonyl (C=O) groups is 1. The summed E-state index contributed by atoms with van der Waals surface area (Å²) in [6, 6.07) is 10.3. The van der Waals surface area contributed by atoms with Crippen LogP contribution in [-0.2, 0) is 0 Å². The molecule has 0 aliphatic heterocycles. The third-order valence-corrected chi connectivity index (χ3v) is 3.62. The lowest BCUT2D eigenvalue weighted by atomic mass is 10.0. The number of nitrogens with one attached hydrogen (secondary N) is 1. The Labute approximate surface area is 120 Å². The molecule has 0 saturated heterocycles. The number of aromatic nitrogens is 1. The third-order valence-electron chi connectivity index (χ3n) is 3.32. The Morgan fingerprint density at radius 2 is 1.90 bits per heavy atom. The molecule has 0 spiro atoms. The molecule has 3 aromatic rings. The van der Waals surface area contributed by atoms with Gasteiger partial charge in [0.25, 0.3) is 0 Å². The van der Waals surface area contributed by atoms with Crippen LogP contribution >= 0.6 is 11.6 Å². The molecular formula is C16H11ClFNO. The summed E-state index contributed by atoms with van der Waals surface area (Å²) in [5, 5.41) is 0.766. The largest absolute Gasteiger partial charge is 0.353 e. The van der Waals surface area contributed by atoms with E-state index in [1.165, 1.54) is 12.1 Å². The van der Waals surface area contributed by atoms with E-state index >= 15 is 0 Å². The number of aryl methyl sites for hydroxylation is 1. The Bertz CT molecular complexity index is 805. The predicted molar refractivity (Wildman–Crippen MR) is 78.8 cm³/mol. The predicted octanol–water partition coefficient (Wildman–Crippen LogP) is 4.75. The molecule has 3 rings (SSSR count). The molecule has 0 amide bonds. The molecule has 20 heavy (non-hydrogen) atoms. The van der Waals surface area contributed by atoms with Crippen LogP contribution in [0.3, 0.4) is 0 Å². The molecule has 100 valence electrons. The smallest absolute Gasteiger partial charge is 0.152 e. The van der Waals surface area contributed by atoms with E-state index < -0.39 is 5.82 Å². The monoisotopic (exact) mass is 287 g/mol. The molecule has 2 nitrogen and oxygen atoms in total. The van der Waals surface area contributed by atoms with Gasteiger partial charge in [-0.3, -0.25) is 4.79 Å². The molecule has 0 saturated carbocycles. The van der Waals surface area contributed by atoms with E-state index in [4.69, 9.17) is 11.6 Å². The van der Waals surface area contributed by atoms with Crippen LogP contribution in [0, 0.1) is 12.7 Å². The standard InChI is InChI=1S/C16H11ClFNO/c1-9-2-4-10(5-3-9)15-13(8-20)12-6-11(18)7-14(17)16(12)19-15/h2-8,19H,1H3. The maximum atomic E-state index is 13.5. The number of hydrogen-bond acceptors (Lipinski definition) is 1. The van der Waals surface area contributed by atoms with Crippen LogP contribution in [0.5, 0.6) is 0 Å². The molecule has 1 heterocycles. The number of rotatable bonds is 2. The van der Waals surface area contributed by atoms with Crippen molar-refractivity contribution in [1.29, 1.82) is 0 Å². The number of hydrogen-bond donors (Lipinski definition) is 1. The lowest BCUT2D eigenvalue weighted by molar-refractivity contribution is 0.112. The van der Waals surface area contributed by atoms with Crippen LogP contribution in [0.25, 0.3) is 22.2 Å². The van der Waals surface area contributed by atoms with E-state index in [1.54, 1.807) is 0 Å². The molecule has 2 aromatic carbocycles. The van der Waals surface area contributed by atoms with Crippen molar-refractivity contribution < 1.29 is 9.18 Å². The molecule has 4 heteroatoms. The minimum atomic E-state index is -0.458. The number of aldehydes is 1. The van der Waals surface area contributed by atoms with Crippen LogP contribution in [0.1, 0.15) is 15.9 Å². The Morgan fingerprint density at radius 3 is 2.55 bits per heavy atom. The Hall–Kier alpha value is -2.13. The van der Waals surface area contributed by atoms with Crippen molar-refractivity contribution in [3.8, 4) is 11.3 Å². The summed E-state index contributed by atoms with van der Waals surface area (Å²) in [6.07, 6.45) is 0.726. The van der Waals surface area contributed by atoms with Crippen LogP contribution < -0.4 is 0 Å². The first kappa shape index (κ1) is 12.9. The zero-order valence-electron chi connectivity index (χ0n) is 10.7. The number of carbonyl (C=O) groups excluding carboxylic acids is 1. The van der Waals surface area contributed by atoms with E-state index in [9.17, 15) is 9.18 Å². The first-order chi connectivity index (χ1) is 9.60. The maximum Gasteiger partial charge on any atom is 0.152 e. The fraction of sp³-hybridized carbons (Fsp3) is 0.0625. The Morgan fingerprint density at radius 1 is 1.20 bits per heavy atom. The molecule has 1 aromatic heterocycles. The van der Waals surface area contributed by atoms with Gasteiger partial charge < -0.3 is 4.98 Å². The van der Waals surface area contributed by atoms with E-state index in [0.29, 0.717) is 22.2 Å². The molecule has 0 aliphatic carbocycles. The fourth-order valence-electron chi connectivity index (χ4n) is 2.31. The molecule has 0 atom stereocenters. The second kappa shape index (κ2) is 4.76. The highest BCUT2D eigenvalue weighted by Gasteiger charge is 2.15. The van der Waals surface area contributed by atoms with Crippen LogP contribution in [-0.4, -0.2) is 11.3 Å². The number of benzene rings is 2. The Kier molecular flexibility index (Phi) is 3.07. The van der Waals surface area contributed by atoms with Crippen LogP contribution in [0.4, 0.5) is 4.39 Å². The van der Waals surface area contributed by atoms with Gasteiger partial charge in [-0.15, -0.1) is 0 Å². The number of H-pyrrole nitrogens is 1. The van der Waals surface area contributed by atoms with E-state index in [-0.39, 0.29) is 5.02 Å². The van der Waals surface area contributed by atoms with Gasteiger partial charge in [0.1, 0.15) is 5.82 Å². The summed E-state index contributed by atoms with van der Waals surface area (Å²) in [7, 11) is 0. The lowest BCUT2D eigenvalue weighted by Crippen LogP contribution is -1.85. The average molecular weight is 288 g/mol. The highest BCUT2D eigenvalue weighted by atomic mass is 35.5. The second-order valence-corrected chi connectivity index (χ2v) is 5.11. The van der Waals surface area contributed by atoms with E-state index in [1.807, 2.05) is 31.2 Å². The van der Waals surface area contributed by atoms with Crippen molar-refractivity contribution in [3.05, 3.63) is 58.4 Å². The number of halogens is 2. The minimum absolute atomic E-state index is 0.265. The van der Waals surface area contributed by atoms with Crippen molar-refractivity contribution in [3.63, 3.8) is 0 Å². The van der Waals surface area contributed by atoms with Gasteiger partial charge in [0.15, 0.2) is 6.29 Å². The quantitative estimate of drug-likeness (QED) is 0.678. The van der Waals surface area contributed by atoms with Gasteiger partial charge in [-0.1, -0.05) is 41.4 Å². The summed E-state index contributed by atoms with van der Waals surface area (Å²) in [4.78, 5) is 14.5. The summed E-state index contributed by atoms with van der Waals surface area (Å²) < 4.78 is 13.5. The Balaban J connectivity index is 2.33. The average Bonchev–Trinajstić information content (AvgIpc) is 2.78. The van der Waals surface area contributed by atoms with Crippen molar-refractivity contribution in [2.24, 2.45) is 0 Å². The first-order valence-electron chi connectivity index (χ1n) is 6.13.